The Kier molecular flexibility index (Phi) is 6.84. The molecule has 1 aliphatic heterocycles. The van der Waals surface area contributed by atoms with Gasteiger partial charge < -0.3 is 10.6 Å². The van der Waals surface area contributed by atoms with Crippen molar-refractivity contribution in [2.45, 2.75) is 32.0 Å². The third-order valence-corrected chi connectivity index (χ3v) is 3.75. The van der Waals surface area contributed by atoms with Crippen LogP contribution in [0.25, 0.3) is 0 Å². The molecule has 1 unspecified atom stereocenters. The number of pyridine rings is 1. The van der Waals surface area contributed by atoms with Gasteiger partial charge in [0.2, 0.25) is 0 Å². The zero-order valence-electron chi connectivity index (χ0n) is 13.8. The Bertz CT molecular complexity index is 518. The zero-order valence-corrected chi connectivity index (χ0v) is 13.8. The molecule has 0 bridgehead atoms. The van der Waals surface area contributed by atoms with E-state index in [9.17, 15) is 13.2 Å². The molecule has 1 saturated heterocycles. The van der Waals surface area contributed by atoms with Gasteiger partial charge in [0.1, 0.15) is 0 Å². The molecule has 0 saturated carbocycles. The van der Waals surface area contributed by atoms with Gasteiger partial charge in [0.15, 0.2) is 5.96 Å². The first kappa shape index (κ1) is 18.5. The van der Waals surface area contributed by atoms with Crippen LogP contribution in [0.4, 0.5) is 13.2 Å². The Balaban J connectivity index is 1.81. The summed E-state index contributed by atoms with van der Waals surface area (Å²) in [6.45, 7) is 3.25. The second-order valence-electron chi connectivity index (χ2n) is 5.85. The van der Waals surface area contributed by atoms with Crippen LogP contribution < -0.4 is 10.6 Å². The molecule has 2 N–H and O–H groups in total. The Hall–Kier alpha value is -1.83. The highest BCUT2D eigenvalue weighted by Gasteiger charge is 2.34. The minimum Gasteiger partial charge on any atom is -0.357 e. The van der Waals surface area contributed by atoms with Crippen LogP contribution >= 0.6 is 0 Å². The van der Waals surface area contributed by atoms with Crippen molar-refractivity contribution >= 4 is 5.96 Å². The molecule has 0 radical (unpaired) electrons. The molecule has 134 valence electrons. The van der Waals surface area contributed by atoms with Crippen LogP contribution in [-0.4, -0.2) is 60.8 Å². The molecule has 5 nitrogen and oxygen atoms in total. The van der Waals surface area contributed by atoms with E-state index in [0.29, 0.717) is 38.6 Å². The van der Waals surface area contributed by atoms with Crippen LogP contribution in [0.2, 0.25) is 0 Å². The largest absolute Gasteiger partial charge is 0.401 e. The Morgan fingerprint density at radius 1 is 1.46 bits per heavy atom. The molecule has 1 aliphatic rings. The number of rotatable bonds is 6. The number of alkyl halides is 3. The van der Waals surface area contributed by atoms with Crippen LogP contribution in [0.1, 0.15) is 18.9 Å². The van der Waals surface area contributed by atoms with Crippen molar-refractivity contribution in [3.05, 3.63) is 30.1 Å². The number of aliphatic imine (C=N–C) groups is 1. The molecule has 1 atom stereocenters. The summed E-state index contributed by atoms with van der Waals surface area (Å²) < 4.78 is 37.3. The molecular weight excluding hydrogens is 319 g/mol. The summed E-state index contributed by atoms with van der Waals surface area (Å²) in [7, 11) is 0. The maximum absolute atomic E-state index is 12.4. The molecule has 0 aliphatic carbocycles. The van der Waals surface area contributed by atoms with Crippen molar-refractivity contribution in [2.75, 3.05) is 32.7 Å². The van der Waals surface area contributed by atoms with E-state index in [2.05, 4.69) is 20.6 Å². The lowest BCUT2D eigenvalue weighted by Crippen LogP contribution is -2.45. The van der Waals surface area contributed by atoms with Gasteiger partial charge in [0, 0.05) is 44.6 Å². The lowest BCUT2D eigenvalue weighted by atomic mass is 10.2. The van der Waals surface area contributed by atoms with Crippen LogP contribution in [0.3, 0.4) is 0 Å². The monoisotopic (exact) mass is 343 g/mol. The van der Waals surface area contributed by atoms with Crippen LogP contribution in [0, 0.1) is 0 Å². The second-order valence-corrected chi connectivity index (χ2v) is 5.85. The van der Waals surface area contributed by atoms with Gasteiger partial charge in [-0.1, -0.05) is 6.07 Å². The van der Waals surface area contributed by atoms with Gasteiger partial charge in [-0.15, -0.1) is 0 Å². The third kappa shape index (κ3) is 6.74. The average molecular weight is 343 g/mol. The third-order valence-electron chi connectivity index (χ3n) is 3.75. The van der Waals surface area contributed by atoms with Crippen molar-refractivity contribution in [3.8, 4) is 0 Å². The molecule has 0 spiro atoms. The van der Waals surface area contributed by atoms with Crippen molar-refractivity contribution in [2.24, 2.45) is 4.99 Å². The van der Waals surface area contributed by atoms with E-state index in [1.165, 1.54) is 4.90 Å². The predicted octanol–water partition coefficient (Wildman–Crippen LogP) is 1.82. The molecular formula is C16H24F3N5. The van der Waals surface area contributed by atoms with Crippen LogP contribution in [-0.2, 0) is 6.42 Å². The standard InChI is InChI=1S/C16H24F3N5/c1-2-21-15(22-8-5-13-4-3-7-20-10-13)23-14-6-9-24(11-14)12-16(17,18)19/h3-4,7,10,14H,2,5-6,8-9,11-12H2,1H3,(H2,21,22,23). The Labute approximate surface area is 140 Å². The average Bonchev–Trinajstić information content (AvgIpc) is 2.93. The first-order valence-electron chi connectivity index (χ1n) is 8.19. The molecule has 24 heavy (non-hydrogen) atoms. The summed E-state index contributed by atoms with van der Waals surface area (Å²) >= 11 is 0. The predicted molar refractivity (Wildman–Crippen MR) is 88.0 cm³/mol. The topological polar surface area (TPSA) is 52.6 Å². The van der Waals surface area contributed by atoms with Gasteiger partial charge in [-0.3, -0.25) is 14.9 Å². The number of likely N-dealkylation sites (tertiary alicyclic amines) is 1. The molecule has 1 fully saturated rings. The van der Waals surface area contributed by atoms with E-state index in [0.717, 1.165) is 12.0 Å². The van der Waals surface area contributed by atoms with Gasteiger partial charge >= 0.3 is 6.18 Å². The highest BCUT2D eigenvalue weighted by molar-refractivity contribution is 5.80. The molecule has 0 aromatic carbocycles. The molecule has 2 rings (SSSR count). The number of nitrogens with one attached hydrogen (secondary N) is 2. The normalized spacial score (nSPS) is 19.5. The highest BCUT2D eigenvalue weighted by Crippen LogP contribution is 2.19. The van der Waals surface area contributed by atoms with E-state index >= 15 is 0 Å². The zero-order chi connectivity index (χ0) is 17.4. The fourth-order valence-corrected chi connectivity index (χ4v) is 2.70. The summed E-state index contributed by atoms with van der Waals surface area (Å²) in [6, 6.07) is 3.87. The summed E-state index contributed by atoms with van der Waals surface area (Å²) in [5, 5.41) is 6.37. The lowest BCUT2D eigenvalue weighted by Gasteiger charge is -2.19. The molecule has 0 amide bonds. The highest BCUT2D eigenvalue weighted by atomic mass is 19.4. The number of nitrogens with zero attached hydrogens (tertiary/aromatic N) is 3. The first-order chi connectivity index (χ1) is 11.5. The molecule has 1 aromatic heterocycles. The second kappa shape index (κ2) is 8.86. The van der Waals surface area contributed by atoms with E-state index < -0.39 is 12.7 Å². The number of guanidine groups is 1. The summed E-state index contributed by atoms with van der Waals surface area (Å²) in [5.74, 6) is 0.653. The van der Waals surface area contributed by atoms with Gasteiger partial charge in [0.25, 0.3) is 0 Å². The van der Waals surface area contributed by atoms with Gasteiger partial charge in [-0.25, -0.2) is 0 Å². The minimum atomic E-state index is -4.14. The van der Waals surface area contributed by atoms with Crippen molar-refractivity contribution in [1.29, 1.82) is 0 Å². The van der Waals surface area contributed by atoms with E-state index in [1.54, 1.807) is 6.20 Å². The maximum Gasteiger partial charge on any atom is 0.401 e. The van der Waals surface area contributed by atoms with Gasteiger partial charge in [0.05, 0.1) is 6.54 Å². The Morgan fingerprint density at radius 2 is 2.29 bits per heavy atom. The maximum atomic E-state index is 12.4. The minimum absolute atomic E-state index is 0.0106. The summed E-state index contributed by atoms with van der Waals surface area (Å²) in [4.78, 5) is 9.99. The summed E-state index contributed by atoms with van der Waals surface area (Å²) in [5.41, 5.74) is 1.11. The van der Waals surface area contributed by atoms with Crippen molar-refractivity contribution < 1.29 is 13.2 Å². The quantitative estimate of drug-likeness (QED) is 0.611. The first-order valence-corrected chi connectivity index (χ1v) is 8.19. The van der Waals surface area contributed by atoms with Gasteiger partial charge in [-0.2, -0.15) is 13.2 Å². The Morgan fingerprint density at radius 3 is 2.96 bits per heavy atom. The van der Waals surface area contributed by atoms with Crippen LogP contribution in [0.15, 0.2) is 29.5 Å². The summed E-state index contributed by atoms with van der Waals surface area (Å²) in [6.07, 6.45) is 0.850. The molecule has 8 heteroatoms. The van der Waals surface area contributed by atoms with Crippen LogP contribution in [0.5, 0.6) is 0 Å². The van der Waals surface area contributed by atoms with E-state index in [1.807, 2.05) is 25.3 Å². The van der Waals surface area contributed by atoms with Crippen molar-refractivity contribution in [1.82, 2.24) is 20.5 Å². The van der Waals surface area contributed by atoms with E-state index in [4.69, 9.17) is 0 Å². The SMILES string of the molecule is CCNC(=NCCc1cccnc1)NC1CCN(CC(F)(F)F)C1. The number of hydrogen-bond donors (Lipinski definition) is 2. The number of halogens is 3. The lowest BCUT2D eigenvalue weighted by molar-refractivity contribution is -0.143. The number of aromatic nitrogens is 1. The smallest absolute Gasteiger partial charge is 0.357 e. The van der Waals surface area contributed by atoms with Crippen molar-refractivity contribution in [3.63, 3.8) is 0 Å². The molecule has 1 aromatic rings. The number of hydrogen-bond acceptors (Lipinski definition) is 3. The van der Waals surface area contributed by atoms with Gasteiger partial charge in [-0.05, 0) is 31.4 Å². The van der Waals surface area contributed by atoms with E-state index in [-0.39, 0.29) is 6.04 Å². The fraction of sp³-hybridized carbons (Fsp3) is 0.625. The molecule has 2 heterocycles. The fourth-order valence-electron chi connectivity index (χ4n) is 2.70.